The van der Waals surface area contributed by atoms with Gasteiger partial charge in [-0.2, -0.15) is 15.5 Å². The molecule has 3 amide bonds. The highest BCUT2D eigenvalue weighted by Crippen LogP contribution is 2.28. The summed E-state index contributed by atoms with van der Waals surface area (Å²) in [7, 11) is 0. The smallest absolute Gasteiger partial charge is 0.275 e. The summed E-state index contributed by atoms with van der Waals surface area (Å²) in [4.78, 5) is 79.2. The maximum absolute atomic E-state index is 13.4. The topological polar surface area (TPSA) is 214 Å². The first kappa shape index (κ1) is 47.0. The molecule has 364 valence electrons. The Hall–Kier alpha value is -8.72. The molecule has 4 aromatic carbocycles. The lowest BCUT2D eigenvalue weighted by Crippen LogP contribution is -2.46. The first-order valence-corrected chi connectivity index (χ1v) is 24.2. The number of rotatable bonds is 13. The van der Waals surface area contributed by atoms with Crippen LogP contribution in [0.25, 0.3) is 33.4 Å². The Morgan fingerprint density at radius 3 is 2.25 bits per heavy atom. The molecule has 3 aliphatic rings. The van der Waals surface area contributed by atoms with Crippen molar-refractivity contribution >= 4 is 45.6 Å². The first-order valence-electron chi connectivity index (χ1n) is 24.2. The van der Waals surface area contributed by atoms with Crippen molar-refractivity contribution in [2.24, 2.45) is 5.92 Å². The summed E-state index contributed by atoms with van der Waals surface area (Å²) in [5.41, 5.74) is 6.56. The molecule has 0 bridgehead atoms. The van der Waals surface area contributed by atoms with Crippen molar-refractivity contribution in [2.45, 2.75) is 45.2 Å². The molecule has 18 nitrogen and oxygen atoms in total. The Morgan fingerprint density at radius 1 is 0.778 bits per heavy atom. The van der Waals surface area contributed by atoms with Gasteiger partial charge in [-0.3, -0.25) is 29.3 Å². The number of ether oxygens (including phenoxy) is 1. The summed E-state index contributed by atoms with van der Waals surface area (Å²) in [6, 6.07) is 33.2. The number of amides is 3. The van der Waals surface area contributed by atoms with Gasteiger partial charge in [0.15, 0.2) is 11.6 Å². The summed E-state index contributed by atoms with van der Waals surface area (Å²) >= 11 is 0. The maximum atomic E-state index is 13.4. The zero-order valence-electron chi connectivity index (χ0n) is 39.7. The number of carbonyl (C=O) groups excluding carboxylic acids is 3. The number of carbonyl (C=O) groups is 3. The number of anilines is 3. The van der Waals surface area contributed by atoms with Gasteiger partial charge in [-0.1, -0.05) is 30.3 Å². The SMILES string of the molecule is Cc1nn(C2CCC(=O)NC2=O)c(=O)c2ccc(N3CCN(c4ccc(NCC(=O)N5CCC(COc6cnc(-c7cccc(Cn8nc(-c9cccc(C#N)c9)ccc8=O)c7)nc6)CC5)cc4)CC3)cc12. The maximum Gasteiger partial charge on any atom is 0.275 e. The number of aromatic nitrogens is 6. The van der Waals surface area contributed by atoms with Gasteiger partial charge in [-0.25, -0.2) is 19.3 Å². The van der Waals surface area contributed by atoms with E-state index >= 15 is 0 Å². The predicted octanol–water partition coefficient (Wildman–Crippen LogP) is 5.34. The molecule has 0 spiro atoms. The minimum absolute atomic E-state index is 0.0569. The molecule has 72 heavy (non-hydrogen) atoms. The van der Waals surface area contributed by atoms with E-state index in [9.17, 15) is 29.2 Å². The van der Waals surface area contributed by atoms with Crippen molar-refractivity contribution in [3.05, 3.63) is 153 Å². The summed E-state index contributed by atoms with van der Waals surface area (Å²) in [5, 5.41) is 25.2. The van der Waals surface area contributed by atoms with Crippen LogP contribution in [-0.2, 0) is 20.9 Å². The van der Waals surface area contributed by atoms with Crippen molar-refractivity contribution in [3.63, 3.8) is 0 Å². The molecule has 0 radical (unpaired) electrons. The Morgan fingerprint density at radius 2 is 1.50 bits per heavy atom. The standard InChI is InChI=1S/C54H52N12O6/c1-35-46-28-43(12-13-45(46)54(71)66(60-35)48-15-16-49(67)59-53(48)70)63-24-22-62(23-25-63)42-10-8-41(9-11-42)56-32-51(69)64-20-18-36(19-21-64)34-72-44-30-57-52(58-31-44)40-7-3-5-38(27-40)33-65-50(68)17-14-47(61-65)39-6-2-4-37(26-39)29-55/h2-14,17,26-28,30-31,36,48,56H,15-16,18-25,32-34H2,1H3,(H,59,67,70). The van der Waals surface area contributed by atoms with Gasteiger partial charge in [0.25, 0.3) is 17.0 Å². The molecule has 3 aliphatic heterocycles. The molecular weight excluding hydrogens is 913 g/mol. The molecule has 0 aliphatic carbocycles. The zero-order chi connectivity index (χ0) is 49.7. The van der Waals surface area contributed by atoms with Crippen molar-refractivity contribution in [3.8, 4) is 34.5 Å². The van der Waals surface area contributed by atoms with Crippen LogP contribution >= 0.6 is 0 Å². The van der Waals surface area contributed by atoms with Crippen molar-refractivity contribution in [1.29, 1.82) is 5.26 Å². The molecule has 3 aromatic heterocycles. The van der Waals surface area contributed by atoms with E-state index in [0.29, 0.717) is 59.5 Å². The molecule has 0 saturated carbocycles. The van der Waals surface area contributed by atoms with E-state index in [-0.39, 0.29) is 48.9 Å². The number of piperazine rings is 1. The van der Waals surface area contributed by atoms with Crippen LogP contribution < -0.4 is 36.3 Å². The van der Waals surface area contributed by atoms with Crippen molar-refractivity contribution in [1.82, 2.24) is 39.7 Å². The van der Waals surface area contributed by atoms with Crippen LogP contribution in [0.1, 0.15) is 48.5 Å². The molecule has 10 rings (SSSR count). The van der Waals surface area contributed by atoms with Gasteiger partial charge in [0.1, 0.15) is 6.04 Å². The van der Waals surface area contributed by atoms with Crippen molar-refractivity contribution < 1.29 is 19.1 Å². The lowest BCUT2D eigenvalue weighted by molar-refractivity contribution is -0.136. The lowest BCUT2D eigenvalue weighted by Gasteiger charge is -2.37. The van der Waals surface area contributed by atoms with Crippen LogP contribution in [-0.4, -0.2) is 105 Å². The van der Waals surface area contributed by atoms with Gasteiger partial charge in [-0.05, 0) is 104 Å². The molecule has 1 unspecified atom stereocenters. The number of likely N-dealkylation sites (tertiary alicyclic amines) is 1. The van der Waals surface area contributed by atoms with E-state index in [1.807, 2.05) is 66.4 Å². The summed E-state index contributed by atoms with van der Waals surface area (Å²) < 4.78 is 8.72. The number of piperidine rings is 2. The van der Waals surface area contributed by atoms with Gasteiger partial charge in [0, 0.05) is 85.3 Å². The number of nitrogens with zero attached hydrogens (tertiary/aromatic N) is 10. The van der Waals surface area contributed by atoms with Crippen LogP contribution in [0.2, 0.25) is 0 Å². The number of nitriles is 1. The third-order valence-electron chi connectivity index (χ3n) is 13.7. The van der Waals surface area contributed by atoms with Crippen molar-refractivity contribution in [2.75, 3.05) is 67.5 Å². The Kier molecular flexibility index (Phi) is 13.5. The summed E-state index contributed by atoms with van der Waals surface area (Å²) in [6.07, 6.45) is 5.41. The normalized spacial score (nSPS) is 16.3. The monoisotopic (exact) mass is 964 g/mol. The first-order chi connectivity index (χ1) is 35.0. The Bertz CT molecular complexity index is 3330. The van der Waals surface area contributed by atoms with Crippen LogP contribution in [0.4, 0.5) is 17.1 Å². The van der Waals surface area contributed by atoms with Crippen LogP contribution in [0.3, 0.4) is 0 Å². The molecule has 7 aromatic rings. The molecule has 1 atom stereocenters. The second-order valence-electron chi connectivity index (χ2n) is 18.4. The molecular formula is C54H52N12O6. The molecule has 3 saturated heterocycles. The number of benzene rings is 4. The quantitative estimate of drug-likeness (QED) is 0.140. The largest absolute Gasteiger partial charge is 0.490 e. The zero-order valence-corrected chi connectivity index (χ0v) is 39.7. The third-order valence-corrected chi connectivity index (χ3v) is 13.7. The Labute approximate surface area is 414 Å². The highest BCUT2D eigenvalue weighted by atomic mass is 16.5. The summed E-state index contributed by atoms with van der Waals surface area (Å²) in [6.45, 7) is 7.28. The highest BCUT2D eigenvalue weighted by Gasteiger charge is 2.31. The van der Waals surface area contributed by atoms with Gasteiger partial charge >= 0.3 is 0 Å². The van der Waals surface area contributed by atoms with Crippen LogP contribution in [0.5, 0.6) is 5.75 Å². The molecule has 2 N–H and O–H groups in total. The van der Waals surface area contributed by atoms with E-state index in [0.717, 1.165) is 78.2 Å². The lowest BCUT2D eigenvalue weighted by atomic mass is 9.98. The van der Waals surface area contributed by atoms with E-state index in [1.165, 1.54) is 15.4 Å². The number of nitrogens with one attached hydrogen (secondary N) is 2. The van der Waals surface area contributed by atoms with Gasteiger partial charge in [0.05, 0.1) is 60.5 Å². The van der Waals surface area contributed by atoms with Crippen LogP contribution in [0, 0.1) is 24.2 Å². The summed E-state index contributed by atoms with van der Waals surface area (Å²) in [5.74, 6) is 0.605. The number of hydrogen-bond donors (Lipinski definition) is 2. The third kappa shape index (κ3) is 10.4. The minimum atomic E-state index is -0.809. The average molecular weight is 965 g/mol. The van der Waals surface area contributed by atoms with E-state index in [2.05, 4.69) is 58.8 Å². The second-order valence-corrected chi connectivity index (χ2v) is 18.4. The molecule has 18 heteroatoms. The average Bonchev–Trinajstić information content (AvgIpc) is 3.42. The fourth-order valence-corrected chi connectivity index (χ4v) is 9.58. The molecule has 3 fully saturated rings. The van der Waals surface area contributed by atoms with Crippen LogP contribution in [0.15, 0.2) is 125 Å². The van der Waals surface area contributed by atoms with E-state index in [1.54, 1.807) is 42.7 Å². The van der Waals surface area contributed by atoms with E-state index < -0.39 is 11.9 Å². The fourth-order valence-electron chi connectivity index (χ4n) is 9.58. The fraction of sp³-hybridized carbons (Fsp3) is 0.296. The van der Waals surface area contributed by atoms with Gasteiger partial charge in [0.2, 0.25) is 11.8 Å². The second kappa shape index (κ2) is 20.7. The number of aryl methyl sites for hydroxylation is 1. The van der Waals surface area contributed by atoms with E-state index in [4.69, 9.17) is 4.74 Å². The highest BCUT2D eigenvalue weighted by molar-refractivity contribution is 5.99. The predicted molar refractivity (Wildman–Crippen MR) is 272 cm³/mol. The number of hydrogen-bond acceptors (Lipinski definition) is 14. The minimum Gasteiger partial charge on any atom is -0.490 e. The van der Waals surface area contributed by atoms with Gasteiger partial charge < -0.3 is 24.8 Å². The molecule has 6 heterocycles. The number of imide groups is 1. The van der Waals surface area contributed by atoms with Gasteiger partial charge in [-0.15, -0.1) is 0 Å². The Balaban J connectivity index is 0.651. The number of fused-ring (bicyclic) bond motifs is 1.